The highest BCUT2D eigenvalue weighted by Crippen LogP contribution is 2.44. The van der Waals surface area contributed by atoms with Crippen LogP contribution in [0.4, 0.5) is 13.2 Å². The molecule has 1 aromatic heterocycles. The first-order chi connectivity index (χ1) is 16.6. The quantitative estimate of drug-likeness (QED) is 0.443. The summed E-state index contributed by atoms with van der Waals surface area (Å²) in [6.45, 7) is 8.02. The van der Waals surface area contributed by atoms with Gasteiger partial charge < -0.3 is 5.11 Å². The summed E-state index contributed by atoms with van der Waals surface area (Å²) in [6, 6.07) is 5.25. The van der Waals surface area contributed by atoms with Crippen LogP contribution >= 0.6 is 0 Å². The zero-order valence-electron chi connectivity index (χ0n) is 21.1. The van der Waals surface area contributed by atoms with E-state index in [1.165, 1.54) is 30.0 Å². The van der Waals surface area contributed by atoms with E-state index in [0.29, 0.717) is 18.4 Å². The summed E-state index contributed by atoms with van der Waals surface area (Å²) in [5, 5.41) is 14.0. The molecule has 1 aromatic carbocycles. The Bertz CT molecular complexity index is 1040. The molecule has 0 atom stereocenters. The Morgan fingerprint density at radius 1 is 1.17 bits per heavy atom. The molecule has 2 aliphatic rings. The highest BCUT2D eigenvalue weighted by Gasteiger charge is 2.39. The number of rotatable bonds is 6. The van der Waals surface area contributed by atoms with Crippen LogP contribution in [0.25, 0.3) is 0 Å². The van der Waals surface area contributed by atoms with Gasteiger partial charge in [0.1, 0.15) is 0 Å². The Kier molecular flexibility index (Phi) is 10.1. The van der Waals surface area contributed by atoms with E-state index in [2.05, 4.69) is 12.0 Å². The second-order valence-electron chi connectivity index (χ2n) is 9.08. The van der Waals surface area contributed by atoms with Crippen LogP contribution in [-0.2, 0) is 18.1 Å². The number of halogens is 3. The van der Waals surface area contributed by atoms with E-state index in [-0.39, 0.29) is 18.7 Å². The predicted molar refractivity (Wildman–Crippen MR) is 131 cm³/mol. The van der Waals surface area contributed by atoms with Crippen LogP contribution in [0.15, 0.2) is 35.3 Å². The number of alkyl halides is 3. The van der Waals surface area contributed by atoms with E-state index < -0.39 is 34.1 Å². The Morgan fingerprint density at radius 3 is 2.29 bits per heavy atom. The average molecular weight is 495 g/mol. The van der Waals surface area contributed by atoms with Gasteiger partial charge in [-0.25, -0.2) is 0 Å². The molecule has 0 bridgehead atoms. The van der Waals surface area contributed by atoms with Gasteiger partial charge in [0, 0.05) is 11.8 Å². The van der Waals surface area contributed by atoms with Gasteiger partial charge in [-0.3, -0.25) is 14.3 Å². The molecule has 0 unspecified atom stereocenters. The highest BCUT2D eigenvalue weighted by molar-refractivity contribution is 5.93. The van der Waals surface area contributed by atoms with Gasteiger partial charge in [0.15, 0.2) is 17.2 Å². The van der Waals surface area contributed by atoms with Gasteiger partial charge in [-0.05, 0) is 30.4 Å². The second kappa shape index (κ2) is 12.4. The Hall–Kier alpha value is -2.64. The van der Waals surface area contributed by atoms with Crippen LogP contribution in [0, 0.1) is 5.92 Å². The lowest BCUT2D eigenvalue weighted by molar-refractivity contribution is -0.137. The molecule has 8 heteroatoms. The summed E-state index contributed by atoms with van der Waals surface area (Å²) in [7, 11) is 0. The van der Waals surface area contributed by atoms with Crippen molar-refractivity contribution in [1.29, 1.82) is 0 Å². The molecule has 1 N–H and O–H groups in total. The lowest BCUT2D eigenvalue weighted by Crippen LogP contribution is -2.32. The molecule has 0 amide bonds. The van der Waals surface area contributed by atoms with Crippen molar-refractivity contribution in [3.63, 3.8) is 0 Å². The van der Waals surface area contributed by atoms with E-state index >= 15 is 0 Å². The number of aromatic hydroxyl groups is 1. The minimum Gasteiger partial charge on any atom is -0.503 e. The molecule has 5 nitrogen and oxygen atoms in total. The van der Waals surface area contributed by atoms with Gasteiger partial charge in [0.2, 0.25) is 0 Å². The molecule has 0 spiro atoms. The summed E-state index contributed by atoms with van der Waals surface area (Å²) in [5.74, 6) is 0.0492. The fraction of sp³-hybridized carbons (Fsp3) is 0.593. The number of hydrogen-bond donors (Lipinski definition) is 1. The molecule has 0 radical (unpaired) electrons. The average Bonchev–Trinajstić information content (AvgIpc) is 3.59. The van der Waals surface area contributed by atoms with Crippen molar-refractivity contribution < 1.29 is 23.1 Å². The third-order valence-electron chi connectivity index (χ3n) is 6.63. The molecular weight excluding hydrogens is 457 g/mol. The van der Waals surface area contributed by atoms with Crippen LogP contribution in [0.1, 0.15) is 101 Å². The van der Waals surface area contributed by atoms with Crippen LogP contribution in [0.5, 0.6) is 5.75 Å². The number of Topliss-reactive ketones (excluding diaryl/α,β-unsaturated/α-hetero) is 1. The smallest absolute Gasteiger partial charge is 0.416 e. The number of carbonyl (C=O) groups is 1. The number of benzene rings is 1. The molecule has 0 aliphatic heterocycles. The topological polar surface area (TPSA) is 72.2 Å². The summed E-state index contributed by atoms with van der Waals surface area (Å²) >= 11 is 0. The maximum Gasteiger partial charge on any atom is 0.416 e. The van der Waals surface area contributed by atoms with Crippen LogP contribution < -0.4 is 5.43 Å². The van der Waals surface area contributed by atoms with E-state index in [4.69, 9.17) is 0 Å². The second-order valence-corrected chi connectivity index (χ2v) is 9.08. The van der Waals surface area contributed by atoms with Gasteiger partial charge in [-0.2, -0.15) is 18.3 Å². The molecule has 2 saturated carbocycles. The normalized spacial score (nSPS) is 16.5. The summed E-state index contributed by atoms with van der Waals surface area (Å²) < 4.78 is 40.8. The Balaban J connectivity index is 0.000000538. The predicted octanol–water partition coefficient (Wildman–Crippen LogP) is 6.91. The van der Waals surface area contributed by atoms with E-state index in [1.54, 1.807) is 13.0 Å². The monoisotopic (exact) mass is 494 g/mol. The lowest BCUT2D eigenvalue weighted by atomic mass is 9.78. The minimum absolute atomic E-state index is 0.0600. The fourth-order valence-corrected chi connectivity index (χ4v) is 4.41. The minimum atomic E-state index is -4.44. The first-order valence-electron chi connectivity index (χ1n) is 12.6. The van der Waals surface area contributed by atoms with E-state index in [1.807, 2.05) is 13.8 Å². The number of nitrogens with zero attached hydrogens (tertiary/aromatic N) is 2. The van der Waals surface area contributed by atoms with Crippen molar-refractivity contribution in [3.05, 3.63) is 57.5 Å². The van der Waals surface area contributed by atoms with Crippen molar-refractivity contribution in [2.75, 3.05) is 0 Å². The first-order valence-corrected chi connectivity index (χ1v) is 12.6. The maximum atomic E-state index is 13.2. The molecule has 2 aromatic rings. The van der Waals surface area contributed by atoms with Crippen LogP contribution in [-0.4, -0.2) is 20.7 Å². The molecule has 2 fully saturated rings. The van der Waals surface area contributed by atoms with E-state index in [9.17, 15) is 27.9 Å². The summed E-state index contributed by atoms with van der Waals surface area (Å²) in [6.07, 6.45) is 4.20. The summed E-state index contributed by atoms with van der Waals surface area (Å²) in [4.78, 5) is 24.0. The van der Waals surface area contributed by atoms with Crippen molar-refractivity contribution >= 4 is 5.78 Å². The van der Waals surface area contributed by atoms with Gasteiger partial charge in [-0.15, -0.1) is 0 Å². The van der Waals surface area contributed by atoms with Crippen molar-refractivity contribution in [1.82, 2.24) is 9.78 Å². The number of aromatic nitrogens is 2. The molecule has 2 aliphatic carbocycles. The standard InChI is InChI=1S/C20H21F3N2O3.C5H10.C2H6/c1-2-15(26)17-18(28)16(27)11-25(24-17)12-19(8-3-4-9-19)13-6-5-7-14(10-13)20(21,22)23;1-2-5-3-4-5;1-2/h5-7,10-11,27H,2-4,8-9,12H2,1H3;5H,2-4H2,1H3;1-2H3. The first kappa shape index (κ1) is 28.6. The zero-order valence-corrected chi connectivity index (χ0v) is 21.1. The Morgan fingerprint density at radius 2 is 1.80 bits per heavy atom. The van der Waals surface area contributed by atoms with Crippen molar-refractivity contribution in [2.24, 2.45) is 5.92 Å². The largest absolute Gasteiger partial charge is 0.503 e. The zero-order chi connectivity index (χ0) is 26.2. The number of ketones is 1. The maximum absolute atomic E-state index is 13.2. The third kappa shape index (κ3) is 7.42. The molecule has 35 heavy (non-hydrogen) atoms. The number of hydrogen-bond acceptors (Lipinski definition) is 4. The molecular formula is C27H37F3N2O3. The SMILES string of the molecule is CC.CCC(=O)c1nn(CC2(c3cccc(C(F)(F)F)c3)CCCC2)cc(O)c1=O.CCC1CC1. The van der Waals surface area contributed by atoms with Gasteiger partial charge in [0.05, 0.1) is 18.3 Å². The third-order valence-corrected chi connectivity index (χ3v) is 6.63. The molecule has 1 heterocycles. The summed E-state index contributed by atoms with van der Waals surface area (Å²) in [5.41, 5.74) is -1.96. The van der Waals surface area contributed by atoms with Crippen LogP contribution in [0.3, 0.4) is 0 Å². The van der Waals surface area contributed by atoms with Crippen molar-refractivity contribution in [2.45, 2.75) is 97.2 Å². The molecule has 0 saturated heterocycles. The number of carbonyl (C=O) groups excluding carboxylic acids is 1. The van der Waals surface area contributed by atoms with Gasteiger partial charge in [-0.1, -0.05) is 78.0 Å². The van der Waals surface area contributed by atoms with E-state index in [0.717, 1.165) is 37.1 Å². The van der Waals surface area contributed by atoms with Crippen molar-refractivity contribution in [3.8, 4) is 5.75 Å². The fourth-order valence-electron chi connectivity index (χ4n) is 4.41. The van der Waals surface area contributed by atoms with Crippen LogP contribution in [0.2, 0.25) is 0 Å². The van der Waals surface area contributed by atoms with Gasteiger partial charge >= 0.3 is 6.18 Å². The van der Waals surface area contributed by atoms with Gasteiger partial charge in [0.25, 0.3) is 5.43 Å². The lowest BCUT2D eigenvalue weighted by Gasteiger charge is -2.31. The molecule has 194 valence electrons. The highest BCUT2D eigenvalue weighted by atomic mass is 19.4. The molecule has 4 rings (SSSR count). The Labute approximate surface area is 205 Å².